The molecule has 0 amide bonds. The van der Waals surface area contributed by atoms with Gasteiger partial charge in [0.2, 0.25) is 0 Å². The normalized spacial score (nSPS) is 8.24. The van der Waals surface area contributed by atoms with Gasteiger partial charge in [-0.05, 0) is 45.6 Å². The fourth-order valence-electron chi connectivity index (χ4n) is 0.589. The fraction of sp³-hybridized carbons (Fsp3) is 0.429. The first-order valence-electron chi connectivity index (χ1n) is 5.29. The van der Waals surface area contributed by atoms with E-state index in [1.54, 1.807) is 0 Å². The largest absolute Gasteiger partial charge is 0.116 e. The van der Waals surface area contributed by atoms with E-state index in [1.807, 2.05) is 36.4 Å². The van der Waals surface area contributed by atoms with Crippen molar-refractivity contribution in [3.05, 3.63) is 42.5 Å². The molecule has 0 aliphatic rings. The Kier molecular flexibility index (Phi) is 22.0. The van der Waals surface area contributed by atoms with Crippen LogP contribution in [-0.2, 0) is 20.4 Å². The van der Waals surface area contributed by atoms with Crippen LogP contribution in [0.5, 0.6) is 0 Å². The maximum absolute atomic E-state index is 3.63. The summed E-state index contributed by atoms with van der Waals surface area (Å²) in [4.78, 5) is 0. The van der Waals surface area contributed by atoms with E-state index >= 15 is 0 Å². The summed E-state index contributed by atoms with van der Waals surface area (Å²) in [5.74, 6) is 0. The van der Waals surface area contributed by atoms with Gasteiger partial charge in [0.25, 0.3) is 0 Å². The van der Waals surface area contributed by atoms with Crippen molar-refractivity contribution in [2.75, 3.05) is 40.0 Å². The Morgan fingerprint density at radius 2 is 1.12 bits per heavy atom. The van der Waals surface area contributed by atoms with Crippen LogP contribution in [0, 0.1) is 0 Å². The van der Waals surface area contributed by atoms with E-state index in [4.69, 9.17) is 0 Å². The first-order chi connectivity index (χ1) is 7.40. The summed E-state index contributed by atoms with van der Waals surface area (Å²) in [7, 11) is 0.759. The predicted octanol–water partition coefficient (Wildman–Crippen LogP) is 5.04. The Bertz CT molecular complexity index is 234. The first-order valence-corrected chi connectivity index (χ1v) is 10.7. The number of hydrogen-bond acceptors (Lipinski definition) is 0. The molecular formula is C14H26P2Pd. The van der Waals surface area contributed by atoms with Crippen molar-refractivity contribution in [2.45, 2.75) is 0 Å². The van der Waals surface area contributed by atoms with Crippen LogP contribution in [0.3, 0.4) is 0 Å². The standard InChI is InChI=1S/C8H8.2C3H9P.Pd/c1-2-8-6-4-3-5-7-8;2*1-4(2)3;/h2-7H,1H2;2*1-3H3;. The second-order valence-electron chi connectivity index (χ2n) is 4.30. The molecule has 0 saturated carbocycles. The van der Waals surface area contributed by atoms with Gasteiger partial charge in [0.1, 0.15) is 0 Å². The summed E-state index contributed by atoms with van der Waals surface area (Å²) in [6.45, 7) is 17.0. The molecule has 0 aliphatic carbocycles. The van der Waals surface area contributed by atoms with Crippen molar-refractivity contribution in [1.29, 1.82) is 0 Å². The molecule has 0 N–H and O–H groups in total. The third-order valence-corrected chi connectivity index (χ3v) is 1.04. The van der Waals surface area contributed by atoms with E-state index < -0.39 is 0 Å². The van der Waals surface area contributed by atoms with Crippen LogP contribution >= 0.6 is 15.8 Å². The summed E-state index contributed by atoms with van der Waals surface area (Å²) >= 11 is 0. The minimum Gasteiger partial charge on any atom is -0.116 e. The summed E-state index contributed by atoms with van der Waals surface area (Å²) < 4.78 is 0. The second kappa shape index (κ2) is 16.5. The molecule has 0 spiro atoms. The zero-order valence-corrected chi connectivity index (χ0v) is 15.2. The summed E-state index contributed by atoms with van der Waals surface area (Å²) in [6.07, 6.45) is 1.83. The van der Waals surface area contributed by atoms with Gasteiger partial charge in [-0.25, -0.2) is 0 Å². The summed E-state index contributed by atoms with van der Waals surface area (Å²) in [5.41, 5.74) is 1.17. The zero-order valence-electron chi connectivity index (χ0n) is 11.9. The molecule has 0 aliphatic heterocycles. The number of benzene rings is 1. The van der Waals surface area contributed by atoms with E-state index in [-0.39, 0.29) is 20.4 Å². The average molecular weight is 363 g/mol. The topological polar surface area (TPSA) is 0 Å². The van der Waals surface area contributed by atoms with Gasteiger partial charge in [-0.1, -0.05) is 43.0 Å². The SMILES string of the molecule is C=Cc1ccccc1.CP(C)C.CP(C)C.[Pd]. The Labute approximate surface area is 124 Å². The maximum Gasteiger partial charge on any atom is 0 e. The Morgan fingerprint density at radius 3 is 1.29 bits per heavy atom. The van der Waals surface area contributed by atoms with Crippen LogP contribution in [0.2, 0.25) is 0 Å². The van der Waals surface area contributed by atoms with E-state index in [2.05, 4.69) is 46.6 Å². The van der Waals surface area contributed by atoms with Gasteiger partial charge >= 0.3 is 0 Å². The van der Waals surface area contributed by atoms with Crippen molar-refractivity contribution >= 4 is 21.9 Å². The molecule has 0 atom stereocenters. The third kappa shape index (κ3) is 31.5. The molecule has 0 nitrogen and oxygen atoms in total. The number of hydrogen-bond donors (Lipinski definition) is 0. The molecule has 0 saturated heterocycles. The van der Waals surface area contributed by atoms with Gasteiger partial charge in [0, 0.05) is 20.4 Å². The van der Waals surface area contributed by atoms with E-state index in [9.17, 15) is 0 Å². The molecule has 1 aromatic rings. The molecule has 0 fully saturated rings. The molecule has 17 heavy (non-hydrogen) atoms. The minimum absolute atomic E-state index is 0. The van der Waals surface area contributed by atoms with Crippen LogP contribution in [-0.4, -0.2) is 40.0 Å². The quantitative estimate of drug-likeness (QED) is 0.485. The Hall–Kier alpha value is 0.482. The molecule has 0 bridgehead atoms. The van der Waals surface area contributed by atoms with Crippen LogP contribution < -0.4 is 0 Å². The molecule has 0 radical (unpaired) electrons. The molecule has 102 valence electrons. The zero-order chi connectivity index (χ0) is 13.0. The fourth-order valence-corrected chi connectivity index (χ4v) is 0.589. The molecule has 0 unspecified atom stereocenters. The third-order valence-electron chi connectivity index (χ3n) is 1.04. The molecular weight excluding hydrogens is 337 g/mol. The van der Waals surface area contributed by atoms with Crippen molar-refractivity contribution < 1.29 is 20.4 Å². The Morgan fingerprint density at radius 1 is 0.824 bits per heavy atom. The van der Waals surface area contributed by atoms with Gasteiger partial charge in [-0.3, -0.25) is 0 Å². The van der Waals surface area contributed by atoms with Crippen molar-refractivity contribution in [2.24, 2.45) is 0 Å². The van der Waals surface area contributed by atoms with Gasteiger partial charge in [0.05, 0.1) is 0 Å². The van der Waals surface area contributed by atoms with E-state index in [0.29, 0.717) is 15.8 Å². The van der Waals surface area contributed by atoms with Gasteiger partial charge in [0.15, 0.2) is 0 Å². The van der Waals surface area contributed by atoms with Gasteiger partial charge in [-0.2, -0.15) is 0 Å². The van der Waals surface area contributed by atoms with Crippen molar-refractivity contribution in [3.63, 3.8) is 0 Å². The monoisotopic (exact) mass is 362 g/mol. The minimum atomic E-state index is 0. The first kappa shape index (κ1) is 22.6. The maximum atomic E-state index is 3.63. The molecule has 1 rings (SSSR count). The van der Waals surface area contributed by atoms with Crippen LogP contribution in [0.1, 0.15) is 5.56 Å². The van der Waals surface area contributed by atoms with Crippen LogP contribution in [0.25, 0.3) is 6.08 Å². The van der Waals surface area contributed by atoms with Crippen LogP contribution in [0.4, 0.5) is 0 Å². The smallest absolute Gasteiger partial charge is 0 e. The van der Waals surface area contributed by atoms with Crippen molar-refractivity contribution in [1.82, 2.24) is 0 Å². The van der Waals surface area contributed by atoms with Gasteiger partial charge in [-0.15, -0.1) is 15.8 Å². The van der Waals surface area contributed by atoms with E-state index in [0.717, 1.165) is 0 Å². The van der Waals surface area contributed by atoms with Gasteiger partial charge < -0.3 is 0 Å². The van der Waals surface area contributed by atoms with Crippen LogP contribution in [0.15, 0.2) is 36.9 Å². The van der Waals surface area contributed by atoms with E-state index in [1.165, 1.54) is 5.56 Å². The molecule has 1 aromatic carbocycles. The second-order valence-corrected chi connectivity index (χ2v) is 9.66. The molecule has 0 aromatic heterocycles. The average Bonchev–Trinajstić information content (AvgIpc) is 2.17. The summed E-state index contributed by atoms with van der Waals surface area (Å²) in [6, 6.07) is 10.0. The number of rotatable bonds is 1. The molecule has 0 heterocycles. The Balaban J connectivity index is -0.000000189. The van der Waals surface area contributed by atoms with Crippen molar-refractivity contribution in [3.8, 4) is 0 Å². The molecule has 3 heteroatoms. The summed E-state index contributed by atoms with van der Waals surface area (Å²) in [5, 5.41) is 0. The predicted molar refractivity (Wildman–Crippen MR) is 85.9 cm³/mol.